The number of nitrogens with zero attached hydrogens (tertiary/aromatic N) is 7. The smallest absolute Gasteiger partial charge is 0.180 e. The Morgan fingerprint density at radius 2 is 2.24 bits per heavy atom. The van der Waals surface area contributed by atoms with Gasteiger partial charge in [0, 0.05) is 38.1 Å². The molecule has 10 heteroatoms. The Balaban J connectivity index is 1.49. The standard InChI is InChI=1S/C24H34N8OS/c1-17-6-5-8-31(9-7-17)16-20-12-22(34-29-20)28-23-24-25-14-21(32(24)15-19(3)27-23)18(2)13-26-30(4)10-11-33/h11-15,17-18H,5-10,16H2,1-4H3,(H,27,28)/b26-13-. The summed E-state index contributed by atoms with van der Waals surface area (Å²) in [4.78, 5) is 22.5. The van der Waals surface area contributed by atoms with Gasteiger partial charge in [-0.2, -0.15) is 9.47 Å². The van der Waals surface area contributed by atoms with Crippen molar-refractivity contribution in [3.8, 4) is 0 Å². The van der Waals surface area contributed by atoms with Crippen molar-refractivity contribution in [2.75, 3.05) is 32.0 Å². The maximum atomic E-state index is 10.7. The zero-order valence-electron chi connectivity index (χ0n) is 20.4. The summed E-state index contributed by atoms with van der Waals surface area (Å²) in [5.74, 6) is 1.55. The van der Waals surface area contributed by atoms with Crippen molar-refractivity contribution in [1.29, 1.82) is 0 Å². The summed E-state index contributed by atoms with van der Waals surface area (Å²) in [7, 11) is 1.78. The van der Waals surface area contributed by atoms with E-state index in [9.17, 15) is 4.79 Å². The lowest BCUT2D eigenvalue weighted by Crippen LogP contribution is -2.24. The third-order valence-electron chi connectivity index (χ3n) is 6.23. The topological polar surface area (TPSA) is 91.0 Å². The molecule has 3 aromatic rings. The van der Waals surface area contributed by atoms with Crippen molar-refractivity contribution in [2.45, 2.75) is 52.5 Å². The molecule has 1 N–H and O–H groups in total. The van der Waals surface area contributed by atoms with Gasteiger partial charge in [0.15, 0.2) is 11.5 Å². The second-order valence-electron chi connectivity index (χ2n) is 9.29. The van der Waals surface area contributed by atoms with Crippen molar-refractivity contribution in [1.82, 2.24) is 28.7 Å². The molecule has 9 nitrogen and oxygen atoms in total. The number of carbonyl (C=O) groups excluding carboxylic acids is 1. The number of hydrogen-bond acceptors (Lipinski definition) is 9. The van der Waals surface area contributed by atoms with Gasteiger partial charge in [-0.05, 0) is 62.8 Å². The minimum atomic E-state index is 0.0186. The van der Waals surface area contributed by atoms with Gasteiger partial charge in [-0.25, -0.2) is 9.97 Å². The van der Waals surface area contributed by atoms with E-state index in [4.69, 9.17) is 4.98 Å². The molecule has 0 spiro atoms. The van der Waals surface area contributed by atoms with E-state index in [-0.39, 0.29) is 12.5 Å². The highest BCUT2D eigenvalue weighted by atomic mass is 32.1. The highest BCUT2D eigenvalue weighted by Gasteiger charge is 2.17. The molecule has 1 aliphatic rings. The molecular formula is C24H34N8OS. The number of hydrogen-bond donors (Lipinski definition) is 1. The van der Waals surface area contributed by atoms with E-state index >= 15 is 0 Å². The molecule has 0 radical (unpaired) electrons. The van der Waals surface area contributed by atoms with Crippen LogP contribution in [0.5, 0.6) is 0 Å². The number of rotatable bonds is 9. The maximum absolute atomic E-state index is 10.7. The number of imidazole rings is 1. The van der Waals surface area contributed by atoms with Gasteiger partial charge in [-0.15, -0.1) is 0 Å². The van der Waals surface area contributed by atoms with Crippen LogP contribution < -0.4 is 5.32 Å². The molecule has 0 aromatic carbocycles. The molecule has 2 unspecified atom stereocenters. The van der Waals surface area contributed by atoms with E-state index in [0.29, 0.717) is 5.82 Å². The first kappa shape index (κ1) is 24.3. The number of anilines is 2. The number of likely N-dealkylation sites (tertiary alicyclic amines) is 1. The first-order valence-electron chi connectivity index (χ1n) is 11.9. The third-order valence-corrected chi connectivity index (χ3v) is 6.97. The second kappa shape index (κ2) is 11.1. The fourth-order valence-electron chi connectivity index (χ4n) is 4.26. The summed E-state index contributed by atoms with van der Waals surface area (Å²) in [5.41, 5.74) is 3.75. The number of aromatic nitrogens is 4. The maximum Gasteiger partial charge on any atom is 0.180 e. The Kier molecular flexibility index (Phi) is 7.89. The number of fused-ring (bicyclic) bond motifs is 1. The largest absolute Gasteiger partial charge is 0.328 e. The van der Waals surface area contributed by atoms with Crippen LogP contribution in [-0.2, 0) is 11.3 Å². The van der Waals surface area contributed by atoms with E-state index < -0.39 is 0 Å². The first-order valence-corrected chi connectivity index (χ1v) is 12.7. The lowest BCUT2D eigenvalue weighted by Gasteiger charge is -2.18. The molecule has 3 aromatic heterocycles. The molecule has 0 aliphatic carbocycles. The van der Waals surface area contributed by atoms with Crippen LogP contribution in [0.4, 0.5) is 10.8 Å². The van der Waals surface area contributed by atoms with Crippen LogP contribution in [0, 0.1) is 12.8 Å². The highest BCUT2D eigenvalue weighted by Crippen LogP contribution is 2.27. The minimum Gasteiger partial charge on any atom is -0.328 e. The van der Waals surface area contributed by atoms with Crippen molar-refractivity contribution >= 4 is 40.5 Å². The van der Waals surface area contributed by atoms with E-state index in [0.717, 1.165) is 59.6 Å². The van der Waals surface area contributed by atoms with Gasteiger partial charge in [0.1, 0.15) is 11.3 Å². The summed E-state index contributed by atoms with van der Waals surface area (Å²) in [6, 6.07) is 2.13. The van der Waals surface area contributed by atoms with Crippen molar-refractivity contribution < 1.29 is 4.79 Å². The van der Waals surface area contributed by atoms with E-state index in [1.807, 2.05) is 25.5 Å². The quantitative estimate of drug-likeness (QED) is 0.279. The van der Waals surface area contributed by atoms with Crippen molar-refractivity contribution in [2.24, 2.45) is 11.0 Å². The van der Waals surface area contributed by atoms with Crippen LogP contribution >= 0.6 is 11.5 Å². The van der Waals surface area contributed by atoms with Gasteiger partial charge in [0.25, 0.3) is 0 Å². The number of aryl methyl sites for hydroxylation is 1. The van der Waals surface area contributed by atoms with Gasteiger partial charge in [0.2, 0.25) is 0 Å². The Bertz CT molecular complexity index is 1140. The SMILES string of the molecule is Cc1cn2c(C(C)/C=N\N(C)CC=O)cnc2c(Nc2cc(CN3CCCC(C)CC3)ns2)n1. The summed E-state index contributed by atoms with van der Waals surface area (Å²) in [6.45, 7) is 9.84. The Morgan fingerprint density at radius 3 is 3.06 bits per heavy atom. The molecule has 1 saturated heterocycles. The van der Waals surface area contributed by atoms with E-state index in [1.54, 1.807) is 12.1 Å². The minimum absolute atomic E-state index is 0.0186. The summed E-state index contributed by atoms with van der Waals surface area (Å²) in [5, 5.41) is 10.4. The summed E-state index contributed by atoms with van der Waals surface area (Å²) in [6.07, 6.45) is 10.4. The molecule has 182 valence electrons. The second-order valence-corrected chi connectivity index (χ2v) is 10.1. The van der Waals surface area contributed by atoms with Crippen LogP contribution in [0.2, 0.25) is 0 Å². The highest BCUT2D eigenvalue weighted by molar-refractivity contribution is 7.10. The van der Waals surface area contributed by atoms with Crippen LogP contribution in [0.15, 0.2) is 23.6 Å². The molecule has 0 bridgehead atoms. The lowest BCUT2D eigenvalue weighted by atomic mass is 10.0. The summed E-state index contributed by atoms with van der Waals surface area (Å²) >= 11 is 1.46. The monoisotopic (exact) mass is 482 g/mol. The molecule has 0 amide bonds. The predicted molar refractivity (Wildman–Crippen MR) is 137 cm³/mol. The van der Waals surface area contributed by atoms with Crippen LogP contribution in [0.1, 0.15) is 56.1 Å². The predicted octanol–water partition coefficient (Wildman–Crippen LogP) is 4.08. The van der Waals surface area contributed by atoms with Gasteiger partial charge in [0.05, 0.1) is 23.6 Å². The lowest BCUT2D eigenvalue weighted by molar-refractivity contribution is -0.108. The number of nitrogens with one attached hydrogen (secondary N) is 1. The fourth-order valence-corrected chi connectivity index (χ4v) is 4.92. The van der Waals surface area contributed by atoms with Gasteiger partial charge in [-0.3, -0.25) is 14.3 Å². The Morgan fingerprint density at radius 1 is 1.38 bits per heavy atom. The van der Waals surface area contributed by atoms with Crippen LogP contribution in [0.25, 0.3) is 5.65 Å². The average Bonchev–Trinajstić information content (AvgIpc) is 3.37. The van der Waals surface area contributed by atoms with Crippen LogP contribution in [0.3, 0.4) is 0 Å². The van der Waals surface area contributed by atoms with Gasteiger partial charge in [-0.1, -0.05) is 13.8 Å². The number of carbonyl (C=O) groups is 1. The van der Waals surface area contributed by atoms with Gasteiger partial charge >= 0.3 is 0 Å². The van der Waals surface area contributed by atoms with E-state index in [2.05, 4.69) is 49.0 Å². The first-order chi connectivity index (χ1) is 16.4. The Hall–Kier alpha value is -2.85. The zero-order valence-corrected chi connectivity index (χ0v) is 21.3. The number of likely N-dealkylation sites (N-methyl/N-ethyl adjacent to an activating group) is 1. The van der Waals surface area contributed by atoms with Gasteiger partial charge < -0.3 is 10.1 Å². The average molecular weight is 483 g/mol. The Labute approximate surface area is 205 Å². The molecule has 4 heterocycles. The molecule has 34 heavy (non-hydrogen) atoms. The molecule has 0 saturated carbocycles. The molecular weight excluding hydrogens is 448 g/mol. The molecule has 1 fully saturated rings. The number of aldehydes is 1. The van der Waals surface area contributed by atoms with E-state index in [1.165, 1.54) is 30.8 Å². The molecule has 4 rings (SSSR count). The normalized spacial score (nSPS) is 18.3. The van der Waals surface area contributed by atoms with Crippen molar-refractivity contribution in [3.05, 3.63) is 35.5 Å². The third kappa shape index (κ3) is 5.98. The van der Waals surface area contributed by atoms with Crippen LogP contribution in [-0.4, -0.2) is 67.8 Å². The fraction of sp³-hybridized carbons (Fsp3) is 0.542. The molecule has 2 atom stereocenters. The van der Waals surface area contributed by atoms with Crippen molar-refractivity contribution in [3.63, 3.8) is 0 Å². The summed E-state index contributed by atoms with van der Waals surface area (Å²) < 4.78 is 6.74. The molecule has 1 aliphatic heterocycles. The number of hydrazone groups is 1. The zero-order chi connectivity index (χ0) is 24.1.